The number of benzene rings is 2. The van der Waals surface area contributed by atoms with Crippen LogP contribution in [0.15, 0.2) is 30.9 Å². The lowest BCUT2D eigenvalue weighted by molar-refractivity contribution is 0.308. The molecule has 0 heterocycles. The molecule has 0 amide bonds. The van der Waals surface area contributed by atoms with Gasteiger partial charge in [0.15, 0.2) is 11.6 Å². The van der Waals surface area contributed by atoms with E-state index in [1.54, 1.807) is 6.07 Å². The second kappa shape index (κ2) is 6.61. The topological polar surface area (TPSA) is 0 Å². The van der Waals surface area contributed by atoms with Crippen LogP contribution in [0.3, 0.4) is 0 Å². The van der Waals surface area contributed by atoms with E-state index < -0.39 is 11.6 Å². The summed E-state index contributed by atoms with van der Waals surface area (Å²) in [5.74, 6) is -1.29. The molecule has 136 valence electrons. The Balaban J connectivity index is 1.61. The minimum atomic E-state index is -0.920. The molecule has 2 aromatic carbocycles. The zero-order valence-electron chi connectivity index (χ0n) is 15.0. The molecule has 0 nitrogen and oxygen atoms in total. The van der Waals surface area contributed by atoms with Gasteiger partial charge in [0.2, 0.25) is 0 Å². The van der Waals surface area contributed by atoms with E-state index in [2.05, 4.69) is 6.58 Å². The van der Waals surface area contributed by atoms with Crippen LogP contribution in [0, 0.1) is 30.3 Å². The van der Waals surface area contributed by atoms with Gasteiger partial charge in [-0.1, -0.05) is 18.2 Å². The van der Waals surface area contributed by atoms with Crippen LogP contribution in [0.2, 0.25) is 0 Å². The van der Waals surface area contributed by atoms with Crippen LogP contribution in [-0.4, -0.2) is 0 Å². The normalized spacial score (nSPS) is 20.9. The molecule has 0 radical (unpaired) electrons. The van der Waals surface area contributed by atoms with Gasteiger partial charge in [-0.3, -0.25) is 0 Å². The Labute approximate surface area is 152 Å². The van der Waals surface area contributed by atoms with Crippen LogP contribution < -0.4 is 0 Å². The summed E-state index contributed by atoms with van der Waals surface area (Å²) in [6.07, 6.45) is 8.23. The first-order valence-electron chi connectivity index (χ1n) is 9.45. The molecule has 2 aliphatic rings. The Morgan fingerprint density at radius 1 is 0.962 bits per heavy atom. The van der Waals surface area contributed by atoms with E-state index in [1.807, 2.05) is 18.2 Å². The van der Waals surface area contributed by atoms with Crippen molar-refractivity contribution in [2.45, 2.75) is 51.4 Å². The Kier molecular flexibility index (Phi) is 4.42. The number of hydrogen-bond donors (Lipinski definition) is 0. The van der Waals surface area contributed by atoms with Gasteiger partial charge in [-0.25, -0.2) is 13.2 Å². The van der Waals surface area contributed by atoms with Crippen molar-refractivity contribution < 1.29 is 13.2 Å². The minimum absolute atomic E-state index is 0.113. The molecule has 0 saturated heterocycles. The molecule has 0 bridgehead atoms. The van der Waals surface area contributed by atoms with Gasteiger partial charge in [-0.15, -0.1) is 6.58 Å². The third-order valence-corrected chi connectivity index (χ3v) is 6.17. The van der Waals surface area contributed by atoms with Gasteiger partial charge >= 0.3 is 0 Å². The zero-order chi connectivity index (χ0) is 18.4. The molecule has 1 saturated carbocycles. The Bertz CT molecular complexity index is 874. The lowest BCUT2D eigenvalue weighted by atomic mass is 9.73. The molecule has 0 N–H and O–H groups in total. The molecule has 3 heteroatoms. The summed E-state index contributed by atoms with van der Waals surface area (Å²) in [4.78, 5) is 0. The second-order valence-electron chi connectivity index (χ2n) is 7.72. The van der Waals surface area contributed by atoms with Crippen molar-refractivity contribution in [3.05, 3.63) is 59.4 Å². The van der Waals surface area contributed by atoms with Gasteiger partial charge in [0.25, 0.3) is 0 Å². The van der Waals surface area contributed by atoms with E-state index in [-0.39, 0.29) is 28.4 Å². The van der Waals surface area contributed by atoms with E-state index in [0.29, 0.717) is 22.6 Å². The average Bonchev–Trinajstić information content (AvgIpc) is 2.64. The predicted molar refractivity (Wildman–Crippen MR) is 99.6 cm³/mol. The molecule has 0 atom stereocenters. The summed E-state index contributed by atoms with van der Waals surface area (Å²) >= 11 is 0. The molecule has 26 heavy (non-hydrogen) atoms. The SMILES string of the molecule is C=CCCC1CCC(c2ccc3c(c2F)-c2c-3cc(C)c(F)c2F)CC1. The molecule has 2 aromatic rings. The fourth-order valence-corrected chi connectivity index (χ4v) is 4.64. The first-order chi connectivity index (χ1) is 12.5. The lowest BCUT2D eigenvalue weighted by Gasteiger charge is -2.32. The van der Waals surface area contributed by atoms with Crippen molar-refractivity contribution in [2.75, 3.05) is 0 Å². The molecule has 0 aliphatic heterocycles. The highest BCUT2D eigenvalue weighted by atomic mass is 19.2. The van der Waals surface area contributed by atoms with Crippen LogP contribution >= 0.6 is 0 Å². The second-order valence-corrected chi connectivity index (χ2v) is 7.72. The van der Waals surface area contributed by atoms with E-state index in [4.69, 9.17) is 0 Å². The number of aryl methyl sites for hydroxylation is 1. The molecule has 2 aliphatic carbocycles. The third kappa shape index (κ3) is 2.60. The fourth-order valence-electron chi connectivity index (χ4n) is 4.64. The van der Waals surface area contributed by atoms with Crippen molar-refractivity contribution in [2.24, 2.45) is 5.92 Å². The Morgan fingerprint density at radius 2 is 1.65 bits per heavy atom. The van der Waals surface area contributed by atoms with Gasteiger partial charge in [0.05, 0.1) is 0 Å². The van der Waals surface area contributed by atoms with Crippen LogP contribution in [-0.2, 0) is 0 Å². The summed E-state index contributed by atoms with van der Waals surface area (Å²) in [5, 5.41) is 0. The van der Waals surface area contributed by atoms with E-state index in [9.17, 15) is 8.78 Å². The van der Waals surface area contributed by atoms with Gasteiger partial charge in [0.1, 0.15) is 5.82 Å². The first-order valence-corrected chi connectivity index (χ1v) is 9.45. The van der Waals surface area contributed by atoms with Crippen molar-refractivity contribution >= 4 is 0 Å². The summed E-state index contributed by atoms with van der Waals surface area (Å²) < 4.78 is 43.5. The highest BCUT2D eigenvalue weighted by Crippen LogP contribution is 2.53. The minimum Gasteiger partial charge on any atom is -0.206 e. The molecular weight excluding hydrogens is 333 g/mol. The molecule has 0 aromatic heterocycles. The quantitative estimate of drug-likeness (QED) is 0.430. The Hall–Kier alpha value is -2.03. The van der Waals surface area contributed by atoms with Crippen LogP contribution in [0.5, 0.6) is 0 Å². The highest BCUT2D eigenvalue weighted by molar-refractivity contribution is 6.03. The summed E-state index contributed by atoms with van der Waals surface area (Å²) in [6, 6.07) is 5.33. The van der Waals surface area contributed by atoms with Crippen LogP contribution in [0.4, 0.5) is 13.2 Å². The number of rotatable bonds is 4. The maximum absolute atomic E-state index is 15.2. The van der Waals surface area contributed by atoms with Gasteiger partial charge in [0, 0.05) is 11.1 Å². The van der Waals surface area contributed by atoms with E-state index >= 15 is 4.39 Å². The van der Waals surface area contributed by atoms with Crippen LogP contribution in [0.1, 0.15) is 55.6 Å². The lowest BCUT2D eigenvalue weighted by Crippen LogP contribution is -2.16. The largest absolute Gasteiger partial charge is 0.206 e. The number of fused-ring (bicyclic) bond motifs is 4. The standard InChI is InChI=1S/C23H23F3/c1-3-4-5-14-6-8-15(9-7-14)16-10-11-17-18-12-13(2)21(24)23(26)20(18)19(17)22(16)25/h3,10-12,14-15H,1,4-9H2,2H3. The first kappa shape index (κ1) is 17.4. The zero-order valence-corrected chi connectivity index (χ0v) is 15.0. The van der Waals surface area contributed by atoms with Crippen molar-refractivity contribution in [3.63, 3.8) is 0 Å². The molecule has 0 unspecified atom stereocenters. The third-order valence-electron chi connectivity index (χ3n) is 6.17. The molecule has 4 rings (SSSR count). The van der Waals surface area contributed by atoms with Gasteiger partial charge < -0.3 is 0 Å². The number of allylic oxidation sites excluding steroid dienone is 1. The maximum atomic E-state index is 15.2. The van der Waals surface area contributed by atoms with Crippen molar-refractivity contribution in [1.29, 1.82) is 0 Å². The smallest absolute Gasteiger partial charge is 0.167 e. The monoisotopic (exact) mass is 356 g/mol. The van der Waals surface area contributed by atoms with Gasteiger partial charge in [-0.05, 0) is 85.6 Å². The highest BCUT2D eigenvalue weighted by Gasteiger charge is 2.35. The number of halogens is 3. The maximum Gasteiger partial charge on any atom is 0.167 e. The molecule has 0 spiro atoms. The summed E-state index contributed by atoms with van der Waals surface area (Å²) in [7, 11) is 0. The van der Waals surface area contributed by atoms with Crippen LogP contribution in [0.25, 0.3) is 22.3 Å². The molecular formula is C23H23F3. The van der Waals surface area contributed by atoms with Gasteiger partial charge in [-0.2, -0.15) is 0 Å². The average molecular weight is 356 g/mol. The Morgan fingerprint density at radius 3 is 2.35 bits per heavy atom. The fraction of sp³-hybridized carbons (Fsp3) is 0.391. The molecule has 1 fully saturated rings. The van der Waals surface area contributed by atoms with Crippen molar-refractivity contribution in [1.82, 2.24) is 0 Å². The summed E-state index contributed by atoms with van der Waals surface area (Å²) in [5.41, 5.74) is 2.62. The van der Waals surface area contributed by atoms with E-state index in [0.717, 1.165) is 38.5 Å². The van der Waals surface area contributed by atoms with Crippen molar-refractivity contribution in [3.8, 4) is 22.3 Å². The summed E-state index contributed by atoms with van der Waals surface area (Å²) in [6.45, 7) is 5.31. The van der Waals surface area contributed by atoms with E-state index in [1.165, 1.54) is 6.92 Å². The predicted octanol–water partition coefficient (Wildman–Crippen LogP) is 7.30. The number of hydrogen-bond acceptors (Lipinski definition) is 0.